The van der Waals surface area contributed by atoms with Crippen LogP contribution in [0.15, 0.2) is 41.8 Å². The maximum absolute atomic E-state index is 10.3. The Morgan fingerprint density at radius 2 is 2.17 bits per heavy atom. The SMILES string of the molecule is OC(CC1CCOc2ccccc21)c1cccs1. The summed E-state index contributed by atoms with van der Waals surface area (Å²) >= 11 is 1.62. The quantitative estimate of drug-likeness (QED) is 0.911. The number of ether oxygens (including phenoxy) is 1. The fourth-order valence-electron chi connectivity index (χ4n) is 2.53. The summed E-state index contributed by atoms with van der Waals surface area (Å²) in [5.74, 6) is 1.37. The van der Waals surface area contributed by atoms with Gasteiger partial charge in [0.2, 0.25) is 0 Å². The van der Waals surface area contributed by atoms with Crippen molar-refractivity contribution in [3.63, 3.8) is 0 Å². The monoisotopic (exact) mass is 260 g/mol. The van der Waals surface area contributed by atoms with Crippen LogP contribution < -0.4 is 4.74 Å². The summed E-state index contributed by atoms with van der Waals surface area (Å²) in [5, 5.41) is 12.3. The van der Waals surface area contributed by atoms with Crippen molar-refractivity contribution in [2.45, 2.75) is 24.9 Å². The molecule has 0 fully saturated rings. The van der Waals surface area contributed by atoms with Gasteiger partial charge in [0.25, 0.3) is 0 Å². The summed E-state index contributed by atoms with van der Waals surface area (Å²) in [7, 11) is 0. The average Bonchev–Trinajstić information content (AvgIpc) is 2.93. The van der Waals surface area contributed by atoms with Crippen LogP contribution in [0.5, 0.6) is 5.75 Å². The van der Waals surface area contributed by atoms with Crippen LogP contribution >= 0.6 is 11.3 Å². The lowest BCUT2D eigenvalue weighted by Gasteiger charge is -2.27. The second-order valence-electron chi connectivity index (χ2n) is 4.64. The Balaban J connectivity index is 1.78. The molecule has 1 aliphatic heterocycles. The summed E-state index contributed by atoms with van der Waals surface area (Å²) in [6.07, 6.45) is 1.40. The minimum atomic E-state index is -0.360. The third-order valence-corrected chi connectivity index (χ3v) is 4.44. The van der Waals surface area contributed by atoms with Gasteiger partial charge in [0.15, 0.2) is 0 Å². The number of thiophene rings is 1. The zero-order valence-electron chi connectivity index (χ0n) is 10.1. The van der Waals surface area contributed by atoms with E-state index >= 15 is 0 Å². The molecule has 1 aliphatic rings. The summed E-state index contributed by atoms with van der Waals surface area (Å²) < 4.78 is 5.65. The molecule has 0 amide bonds. The first-order chi connectivity index (χ1) is 8.84. The summed E-state index contributed by atoms with van der Waals surface area (Å²) in [5.41, 5.74) is 1.24. The van der Waals surface area contributed by atoms with E-state index in [0.29, 0.717) is 5.92 Å². The molecule has 0 aliphatic carbocycles. The Kier molecular flexibility index (Phi) is 3.35. The van der Waals surface area contributed by atoms with Crippen LogP contribution in [0.4, 0.5) is 0 Å². The lowest BCUT2D eigenvalue weighted by molar-refractivity contribution is 0.148. The van der Waals surface area contributed by atoms with Gasteiger partial charge in [0.05, 0.1) is 12.7 Å². The molecule has 2 atom stereocenters. The van der Waals surface area contributed by atoms with Gasteiger partial charge >= 0.3 is 0 Å². The third-order valence-electron chi connectivity index (χ3n) is 3.46. The first-order valence-corrected chi connectivity index (χ1v) is 7.16. The van der Waals surface area contributed by atoms with Gasteiger partial charge in [-0.25, -0.2) is 0 Å². The van der Waals surface area contributed by atoms with Crippen LogP contribution in [0.25, 0.3) is 0 Å². The molecule has 0 saturated heterocycles. The lowest BCUT2D eigenvalue weighted by Crippen LogP contribution is -2.16. The zero-order valence-corrected chi connectivity index (χ0v) is 10.9. The van der Waals surface area contributed by atoms with Crippen molar-refractivity contribution in [1.29, 1.82) is 0 Å². The number of hydrogen-bond acceptors (Lipinski definition) is 3. The van der Waals surface area contributed by atoms with Crippen molar-refractivity contribution in [3.05, 3.63) is 52.2 Å². The lowest BCUT2D eigenvalue weighted by atomic mass is 9.88. The molecule has 2 unspecified atom stereocenters. The van der Waals surface area contributed by atoms with Gasteiger partial charge in [0, 0.05) is 4.88 Å². The standard InChI is InChI=1S/C15H16O2S/c16-13(15-6-3-9-18-15)10-11-7-8-17-14-5-2-1-4-12(11)14/h1-6,9,11,13,16H,7-8,10H2. The van der Waals surface area contributed by atoms with Gasteiger partial charge < -0.3 is 9.84 Å². The molecule has 0 saturated carbocycles. The normalized spacial score (nSPS) is 19.9. The fraction of sp³-hybridized carbons (Fsp3) is 0.333. The Bertz CT molecular complexity index is 507. The molecule has 3 heteroatoms. The number of hydrogen-bond donors (Lipinski definition) is 1. The van der Waals surface area contributed by atoms with E-state index in [1.807, 2.05) is 35.7 Å². The van der Waals surface area contributed by atoms with Crippen LogP contribution in [0.1, 0.15) is 35.3 Å². The first kappa shape index (κ1) is 11.8. The Morgan fingerprint density at radius 3 is 3.00 bits per heavy atom. The molecule has 1 aromatic carbocycles. The summed E-state index contributed by atoms with van der Waals surface area (Å²) in [4.78, 5) is 1.05. The molecule has 2 nitrogen and oxygen atoms in total. The van der Waals surface area contributed by atoms with Crippen molar-refractivity contribution in [1.82, 2.24) is 0 Å². The summed E-state index contributed by atoms with van der Waals surface area (Å²) in [6.45, 7) is 0.749. The van der Waals surface area contributed by atoms with Crippen molar-refractivity contribution in [2.24, 2.45) is 0 Å². The van der Waals surface area contributed by atoms with Gasteiger partial charge in [-0.15, -0.1) is 11.3 Å². The number of para-hydroxylation sites is 1. The van der Waals surface area contributed by atoms with E-state index in [4.69, 9.17) is 4.74 Å². The molecule has 0 bridgehead atoms. The van der Waals surface area contributed by atoms with Gasteiger partial charge in [0.1, 0.15) is 5.75 Å². The molecule has 1 aromatic heterocycles. The smallest absolute Gasteiger partial charge is 0.122 e. The first-order valence-electron chi connectivity index (χ1n) is 6.28. The van der Waals surface area contributed by atoms with E-state index in [0.717, 1.165) is 30.1 Å². The van der Waals surface area contributed by atoms with E-state index in [9.17, 15) is 5.11 Å². The summed E-state index contributed by atoms with van der Waals surface area (Å²) in [6, 6.07) is 12.1. The Labute approximate surface area is 111 Å². The van der Waals surface area contributed by atoms with E-state index in [1.165, 1.54) is 5.56 Å². The molecular formula is C15H16O2S. The van der Waals surface area contributed by atoms with E-state index in [-0.39, 0.29) is 6.10 Å². The third kappa shape index (κ3) is 2.28. The van der Waals surface area contributed by atoms with Crippen LogP contribution in [-0.2, 0) is 0 Å². The molecule has 2 aromatic rings. The molecule has 3 rings (SSSR count). The fourth-order valence-corrected chi connectivity index (χ4v) is 3.25. The number of benzene rings is 1. The van der Waals surface area contributed by atoms with E-state index in [2.05, 4.69) is 6.07 Å². The van der Waals surface area contributed by atoms with E-state index in [1.54, 1.807) is 11.3 Å². The molecule has 0 radical (unpaired) electrons. The zero-order chi connectivity index (χ0) is 12.4. The van der Waals surface area contributed by atoms with Gasteiger partial charge in [-0.2, -0.15) is 0 Å². The van der Waals surface area contributed by atoms with E-state index < -0.39 is 0 Å². The second-order valence-corrected chi connectivity index (χ2v) is 5.62. The number of aliphatic hydroxyl groups excluding tert-OH is 1. The van der Waals surface area contributed by atoms with Gasteiger partial charge in [-0.3, -0.25) is 0 Å². The molecule has 18 heavy (non-hydrogen) atoms. The van der Waals surface area contributed by atoms with Crippen LogP contribution in [0.2, 0.25) is 0 Å². The molecule has 94 valence electrons. The predicted octanol–water partition coefficient (Wildman–Crippen LogP) is 3.74. The highest BCUT2D eigenvalue weighted by atomic mass is 32.1. The number of rotatable bonds is 3. The number of aliphatic hydroxyl groups is 1. The van der Waals surface area contributed by atoms with Crippen molar-refractivity contribution in [2.75, 3.05) is 6.61 Å². The number of fused-ring (bicyclic) bond motifs is 1. The highest BCUT2D eigenvalue weighted by Crippen LogP contribution is 2.39. The molecule has 0 spiro atoms. The highest BCUT2D eigenvalue weighted by Gasteiger charge is 2.24. The van der Waals surface area contributed by atoms with Gasteiger partial charge in [-0.05, 0) is 41.8 Å². The molecule has 2 heterocycles. The minimum absolute atomic E-state index is 0.360. The maximum atomic E-state index is 10.3. The molecular weight excluding hydrogens is 244 g/mol. The minimum Gasteiger partial charge on any atom is -0.493 e. The Morgan fingerprint density at radius 1 is 1.28 bits per heavy atom. The topological polar surface area (TPSA) is 29.5 Å². The molecule has 1 N–H and O–H groups in total. The van der Waals surface area contributed by atoms with Crippen molar-refractivity contribution >= 4 is 11.3 Å². The second kappa shape index (κ2) is 5.12. The Hall–Kier alpha value is -1.32. The van der Waals surface area contributed by atoms with Crippen LogP contribution in [-0.4, -0.2) is 11.7 Å². The van der Waals surface area contributed by atoms with Crippen LogP contribution in [0.3, 0.4) is 0 Å². The van der Waals surface area contributed by atoms with Gasteiger partial charge in [-0.1, -0.05) is 24.3 Å². The van der Waals surface area contributed by atoms with Crippen molar-refractivity contribution in [3.8, 4) is 5.75 Å². The highest BCUT2D eigenvalue weighted by molar-refractivity contribution is 7.10. The van der Waals surface area contributed by atoms with Crippen molar-refractivity contribution < 1.29 is 9.84 Å². The maximum Gasteiger partial charge on any atom is 0.122 e. The predicted molar refractivity (Wildman–Crippen MR) is 73.2 cm³/mol. The average molecular weight is 260 g/mol. The largest absolute Gasteiger partial charge is 0.493 e. The van der Waals surface area contributed by atoms with Crippen LogP contribution in [0, 0.1) is 0 Å².